The van der Waals surface area contributed by atoms with Crippen LogP contribution in [0.1, 0.15) is 11.1 Å². The van der Waals surface area contributed by atoms with Gasteiger partial charge in [-0.15, -0.1) is 0 Å². The van der Waals surface area contributed by atoms with Gasteiger partial charge in [-0.3, -0.25) is 4.79 Å². The highest BCUT2D eigenvalue weighted by molar-refractivity contribution is 7.99. The fourth-order valence-electron chi connectivity index (χ4n) is 3.68. The molecule has 1 saturated heterocycles. The number of anilines is 2. The molecular weight excluding hydrogens is 442 g/mol. The number of rotatable bonds is 7. The van der Waals surface area contributed by atoms with Gasteiger partial charge in [0.1, 0.15) is 11.0 Å². The second kappa shape index (κ2) is 10.7. The van der Waals surface area contributed by atoms with E-state index in [1.165, 1.54) is 23.0 Å². The van der Waals surface area contributed by atoms with Crippen LogP contribution in [0.2, 0.25) is 5.15 Å². The molecule has 8 heteroatoms. The molecule has 4 rings (SSSR count). The first-order valence-corrected chi connectivity index (χ1v) is 12.0. The van der Waals surface area contributed by atoms with Crippen LogP contribution in [0.15, 0.2) is 65.8 Å². The molecule has 166 valence electrons. The maximum absolute atomic E-state index is 12.2. The summed E-state index contributed by atoms with van der Waals surface area (Å²) in [6.07, 6.45) is 0. The minimum absolute atomic E-state index is 0.0594. The lowest BCUT2D eigenvalue weighted by Gasteiger charge is -2.37. The van der Waals surface area contributed by atoms with E-state index in [0.717, 1.165) is 37.6 Å². The van der Waals surface area contributed by atoms with Crippen LogP contribution in [0.5, 0.6) is 0 Å². The number of piperazine rings is 1. The number of thioether (sulfide) groups is 1. The molecule has 0 atom stereocenters. The third-order valence-corrected chi connectivity index (χ3v) is 6.43. The zero-order chi connectivity index (χ0) is 22.3. The lowest BCUT2D eigenvalue weighted by Crippen LogP contribution is -2.47. The molecule has 2 heterocycles. The number of para-hydroxylation sites is 1. The highest BCUT2D eigenvalue weighted by atomic mass is 35.5. The molecule has 0 spiro atoms. The molecular formula is C24H26ClN5OS. The molecule has 0 aliphatic carbocycles. The fraction of sp³-hybridized carbons (Fsp3) is 0.292. The summed E-state index contributed by atoms with van der Waals surface area (Å²) >= 11 is 7.57. The van der Waals surface area contributed by atoms with Crippen molar-refractivity contribution in [3.63, 3.8) is 0 Å². The quantitative estimate of drug-likeness (QED) is 0.319. The van der Waals surface area contributed by atoms with Crippen LogP contribution in [0.3, 0.4) is 0 Å². The van der Waals surface area contributed by atoms with Crippen molar-refractivity contribution in [1.82, 2.24) is 15.3 Å². The monoisotopic (exact) mass is 467 g/mol. The van der Waals surface area contributed by atoms with Gasteiger partial charge < -0.3 is 15.1 Å². The summed E-state index contributed by atoms with van der Waals surface area (Å²) in [5.41, 5.74) is 3.64. The average Bonchev–Trinajstić information content (AvgIpc) is 2.82. The second-order valence-corrected chi connectivity index (χ2v) is 8.97. The van der Waals surface area contributed by atoms with E-state index in [0.29, 0.717) is 16.9 Å². The van der Waals surface area contributed by atoms with E-state index in [2.05, 4.69) is 56.3 Å². The van der Waals surface area contributed by atoms with Gasteiger partial charge >= 0.3 is 0 Å². The molecule has 1 aromatic heterocycles. The third kappa shape index (κ3) is 5.93. The lowest BCUT2D eigenvalue weighted by atomic mass is 10.1. The molecule has 1 N–H and O–H groups in total. The normalized spacial score (nSPS) is 13.8. The molecule has 1 amide bonds. The predicted molar refractivity (Wildman–Crippen MR) is 132 cm³/mol. The van der Waals surface area contributed by atoms with E-state index in [1.54, 1.807) is 6.07 Å². The maximum atomic E-state index is 12.2. The van der Waals surface area contributed by atoms with Crippen molar-refractivity contribution in [3.8, 4) is 0 Å². The standard InChI is InChI=1S/C24H26ClN5OS/c1-18-7-5-6-10-20(18)29-11-13-30(14-12-29)22-15-21(25)27-24(28-22)32-17-23(31)26-16-19-8-3-2-4-9-19/h2-10,15H,11-14,16-17H2,1H3,(H,26,31). The Morgan fingerprint density at radius 2 is 1.69 bits per heavy atom. The minimum Gasteiger partial charge on any atom is -0.368 e. The molecule has 2 aromatic carbocycles. The fourth-order valence-corrected chi connectivity index (χ4v) is 4.60. The van der Waals surface area contributed by atoms with Crippen molar-refractivity contribution in [3.05, 3.63) is 76.9 Å². The van der Waals surface area contributed by atoms with Crippen LogP contribution in [0, 0.1) is 6.92 Å². The number of nitrogens with zero attached hydrogens (tertiary/aromatic N) is 4. The Morgan fingerprint density at radius 1 is 1.00 bits per heavy atom. The number of aryl methyl sites for hydroxylation is 1. The van der Waals surface area contributed by atoms with Crippen molar-refractivity contribution in [1.29, 1.82) is 0 Å². The van der Waals surface area contributed by atoms with Crippen LogP contribution < -0.4 is 15.1 Å². The summed E-state index contributed by atoms with van der Waals surface area (Å²) in [6, 6.07) is 20.1. The molecule has 0 saturated carbocycles. The van der Waals surface area contributed by atoms with Gasteiger partial charge in [0.05, 0.1) is 5.75 Å². The number of aromatic nitrogens is 2. The van der Waals surface area contributed by atoms with Crippen molar-refractivity contribution >= 4 is 40.8 Å². The van der Waals surface area contributed by atoms with Crippen LogP contribution in [-0.4, -0.2) is 47.8 Å². The molecule has 32 heavy (non-hydrogen) atoms. The van der Waals surface area contributed by atoms with Gasteiger partial charge in [0, 0.05) is 44.5 Å². The minimum atomic E-state index is -0.0594. The van der Waals surface area contributed by atoms with Crippen molar-refractivity contribution in [2.45, 2.75) is 18.6 Å². The SMILES string of the molecule is Cc1ccccc1N1CCN(c2cc(Cl)nc(SCC(=O)NCc3ccccc3)n2)CC1. The lowest BCUT2D eigenvalue weighted by molar-refractivity contribution is -0.118. The number of carbonyl (C=O) groups is 1. The van der Waals surface area contributed by atoms with Crippen LogP contribution in [-0.2, 0) is 11.3 Å². The second-order valence-electron chi connectivity index (χ2n) is 7.64. The molecule has 1 aliphatic rings. The summed E-state index contributed by atoms with van der Waals surface area (Å²) in [4.78, 5) is 25.8. The number of benzene rings is 2. The summed E-state index contributed by atoms with van der Waals surface area (Å²) in [6.45, 7) is 6.18. The van der Waals surface area contributed by atoms with Gasteiger partial charge in [0.25, 0.3) is 0 Å². The molecule has 0 unspecified atom stereocenters. The first kappa shape index (κ1) is 22.4. The van der Waals surface area contributed by atoms with Gasteiger partial charge in [-0.05, 0) is 24.1 Å². The Balaban J connectivity index is 1.32. The largest absolute Gasteiger partial charge is 0.368 e. The van der Waals surface area contributed by atoms with E-state index < -0.39 is 0 Å². The molecule has 6 nitrogen and oxygen atoms in total. The topological polar surface area (TPSA) is 61.4 Å². The molecule has 1 fully saturated rings. The summed E-state index contributed by atoms with van der Waals surface area (Å²) in [5.74, 6) is 0.991. The van der Waals surface area contributed by atoms with Crippen LogP contribution in [0.25, 0.3) is 0 Å². The third-order valence-electron chi connectivity index (χ3n) is 5.39. The summed E-state index contributed by atoms with van der Waals surface area (Å²) in [7, 11) is 0. The Bertz CT molecular complexity index is 1060. The van der Waals surface area contributed by atoms with Gasteiger partial charge in [0.2, 0.25) is 5.91 Å². The molecule has 3 aromatic rings. The predicted octanol–water partition coefficient (Wildman–Crippen LogP) is 4.17. The summed E-state index contributed by atoms with van der Waals surface area (Å²) < 4.78 is 0. The molecule has 0 bridgehead atoms. The van der Waals surface area contributed by atoms with Crippen LogP contribution >= 0.6 is 23.4 Å². The van der Waals surface area contributed by atoms with Gasteiger partial charge in [-0.2, -0.15) is 0 Å². The van der Waals surface area contributed by atoms with Crippen LogP contribution in [0.4, 0.5) is 11.5 Å². The number of nitrogens with one attached hydrogen (secondary N) is 1. The number of halogens is 1. The zero-order valence-electron chi connectivity index (χ0n) is 18.0. The van der Waals surface area contributed by atoms with Gasteiger partial charge in [-0.1, -0.05) is 71.9 Å². The van der Waals surface area contributed by atoms with Crippen molar-refractivity contribution in [2.75, 3.05) is 41.7 Å². The van der Waals surface area contributed by atoms with Crippen molar-refractivity contribution in [2.24, 2.45) is 0 Å². The average molecular weight is 468 g/mol. The summed E-state index contributed by atoms with van der Waals surface area (Å²) in [5, 5.41) is 3.83. The Hall–Kier alpha value is -2.77. The zero-order valence-corrected chi connectivity index (χ0v) is 19.6. The van der Waals surface area contributed by atoms with Crippen molar-refractivity contribution < 1.29 is 4.79 Å². The van der Waals surface area contributed by atoms with E-state index in [-0.39, 0.29) is 11.7 Å². The van der Waals surface area contributed by atoms with E-state index in [9.17, 15) is 4.79 Å². The maximum Gasteiger partial charge on any atom is 0.230 e. The Morgan fingerprint density at radius 3 is 2.44 bits per heavy atom. The van der Waals surface area contributed by atoms with Gasteiger partial charge in [0.15, 0.2) is 5.16 Å². The first-order valence-electron chi connectivity index (χ1n) is 10.6. The first-order chi connectivity index (χ1) is 15.6. The van der Waals surface area contributed by atoms with Gasteiger partial charge in [-0.25, -0.2) is 9.97 Å². The Labute approximate surface area is 198 Å². The van der Waals surface area contributed by atoms with E-state index >= 15 is 0 Å². The highest BCUT2D eigenvalue weighted by Gasteiger charge is 2.20. The molecule has 0 radical (unpaired) electrons. The number of amides is 1. The smallest absolute Gasteiger partial charge is 0.230 e. The number of carbonyl (C=O) groups excluding carboxylic acids is 1. The Kier molecular flexibility index (Phi) is 7.50. The molecule has 1 aliphatic heterocycles. The van der Waals surface area contributed by atoms with E-state index in [1.807, 2.05) is 30.3 Å². The number of hydrogen-bond donors (Lipinski definition) is 1. The van der Waals surface area contributed by atoms with E-state index in [4.69, 9.17) is 11.6 Å². The number of hydrogen-bond acceptors (Lipinski definition) is 6. The highest BCUT2D eigenvalue weighted by Crippen LogP contribution is 2.25.